The van der Waals surface area contributed by atoms with Crippen LogP contribution in [0.5, 0.6) is 0 Å². The molecule has 0 saturated heterocycles. The molecule has 0 bridgehead atoms. The molecule has 2 aromatic carbocycles. The van der Waals surface area contributed by atoms with Crippen LogP contribution in [-0.4, -0.2) is 38.5 Å². The monoisotopic (exact) mass is 694 g/mol. The lowest BCUT2D eigenvalue weighted by molar-refractivity contribution is -0.169. The number of carbonyl (C=O) groups is 3. The summed E-state index contributed by atoms with van der Waals surface area (Å²) in [6.45, 7) is 3.27. The van der Waals surface area contributed by atoms with E-state index in [1.165, 1.54) is 29.6 Å². The fourth-order valence-corrected chi connectivity index (χ4v) is 5.67. The molecular formula is C30H25BrCl2O6S2. The Morgan fingerprint density at radius 3 is 2.00 bits per heavy atom. The molecule has 0 radical (unpaired) electrons. The molecule has 0 spiro atoms. The number of cyclic esters (lactones) is 1. The van der Waals surface area contributed by atoms with Crippen LogP contribution in [-0.2, 0) is 20.7 Å². The van der Waals surface area contributed by atoms with E-state index in [1.54, 1.807) is 55.5 Å². The van der Waals surface area contributed by atoms with E-state index >= 15 is 0 Å². The summed E-state index contributed by atoms with van der Waals surface area (Å²) >= 11 is 17.7. The summed E-state index contributed by atoms with van der Waals surface area (Å²) in [6.07, 6.45) is 0.150. The van der Waals surface area contributed by atoms with Crippen LogP contribution in [0.3, 0.4) is 0 Å². The molecule has 2 atom stereocenters. The summed E-state index contributed by atoms with van der Waals surface area (Å²) in [5.41, 5.74) is 2.28. The average Bonchev–Trinajstić information content (AvgIpc) is 3.66. The summed E-state index contributed by atoms with van der Waals surface area (Å²) < 4.78 is 5.10. The zero-order valence-electron chi connectivity index (χ0n) is 21.8. The second-order valence-electron chi connectivity index (χ2n) is 8.74. The van der Waals surface area contributed by atoms with Gasteiger partial charge in [-0.1, -0.05) is 63.4 Å². The zero-order chi connectivity index (χ0) is 30.2. The van der Waals surface area contributed by atoms with Gasteiger partial charge in [0, 0.05) is 37.9 Å². The zero-order valence-corrected chi connectivity index (χ0v) is 26.6. The van der Waals surface area contributed by atoms with Crippen LogP contribution in [0.25, 0.3) is 11.1 Å². The number of carboxylic acid groups (broad SMARTS) is 1. The molecule has 1 aliphatic rings. The van der Waals surface area contributed by atoms with Crippen molar-refractivity contribution in [2.24, 2.45) is 0 Å². The van der Waals surface area contributed by atoms with Gasteiger partial charge in [0.25, 0.3) is 0 Å². The molecule has 0 fully saturated rings. The minimum Gasteiger partial charge on any atom is -0.481 e. The Bertz CT molecular complexity index is 1500. The molecule has 0 saturated carbocycles. The lowest BCUT2D eigenvalue weighted by atomic mass is 9.95. The van der Waals surface area contributed by atoms with Gasteiger partial charge in [-0.2, -0.15) is 0 Å². The molecule has 0 amide bonds. The Hall–Kier alpha value is -2.79. The van der Waals surface area contributed by atoms with Gasteiger partial charge in [-0.15, -0.1) is 22.7 Å². The van der Waals surface area contributed by atoms with Gasteiger partial charge in [0.1, 0.15) is 0 Å². The van der Waals surface area contributed by atoms with Crippen molar-refractivity contribution in [3.05, 3.63) is 114 Å². The Balaban J connectivity index is 0.000000187. The highest BCUT2D eigenvalue weighted by Crippen LogP contribution is 2.43. The third kappa shape index (κ3) is 9.36. The SMILES string of the molecule is CC(Br)C(=O)c1ccc(Cl)cc1.CC1(O)OC(=O)C(c2cccs2)=C1c1ccc(Cl)cc1.O=C(O)Cc1cccs1. The molecule has 5 rings (SSSR count). The standard InChI is InChI=1S/C15H11ClO3S.C9H8BrClO.C6H6O2S/c1-15(18)13(9-4-6-10(16)7-5-9)12(14(17)19-15)11-3-2-8-20-11;1-6(10)9(12)7-2-4-8(11)5-3-7;7-6(8)4-5-2-1-3-9-5/h2-8,18H,1H3;2-6H,1H3;1-3H,4H2,(H,7,8). The molecule has 2 N–H and O–H groups in total. The molecule has 2 unspecified atom stereocenters. The molecule has 2 aromatic heterocycles. The van der Waals surface area contributed by atoms with Crippen molar-refractivity contribution >= 4 is 90.7 Å². The predicted molar refractivity (Wildman–Crippen MR) is 169 cm³/mol. The van der Waals surface area contributed by atoms with Crippen LogP contribution in [0, 0.1) is 0 Å². The number of alkyl halides is 1. The largest absolute Gasteiger partial charge is 0.481 e. The predicted octanol–water partition coefficient (Wildman–Crippen LogP) is 8.26. The van der Waals surface area contributed by atoms with Gasteiger partial charge in [-0.05, 0) is 71.8 Å². The highest BCUT2D eigenvalue weighted by atomic mass is 79.9. The van der Waals surface area contributed by atoms with Crippen LogP contribution >= 0.6 is 61.8 Å². The Labute approximate surface area is 264 Å². The Morgan fingerprint density at radius 1 is 0.951 bits per heavy atom. The number of ether oxygens (including phenoxy) is 1. The third-order valence-corrected chi connectivity index (χ3v) is 8.19. The second-order valence-corrected chi connectivity index (χ2v) is 13.0. The molecular weight excluding hydrogens is 671 g/mol. The topological polar surface area (TPSA) is 101 Å². The highest BCUT2D eigenvalue weighted by Gasteiger charge is 2.44. The van der Waals surface area contributed by atoms with E-state index in [0.29, 0.717) is 32.3 Å². The van der Waals surface area contributed by atoms with Crippen molar-refractivity contribution in [2.75, 3.05) is 0 Å². The summed E-state index contributed by atoms with van der Waals surface area (Å²) in [7, 11) is 0. The molecule has 11 heteroatoms. The van der Waals surface area contributed by atoms with Crippen molar-refractivity contribution in [1.82, 2.24) is 0 Å². The van der Waals surface area contributed by atoms with E-state index in [-0.39, 0.29) is 17.0 Å². The number of thiophene rings is 2. The van der Waals surface area contributed by atoms with E-state index in [0.717, 1.165) is 9.75 Å². The van der Waals surface area contributed by atoms with Crippen molar-refractivity contribution in [3.8, 4) is 0 Å². The van der Waals surface area contributed by atoms with Gasteiger partial charge < -0.3 is 14.9 Å². The van der Waals surface area contributed by atoms with Crippen LogP contribution in [0.4, 0.5) is 0 Å². The summed E-state index contributed by atoms with van der Waals surface area (Å²) in [4.78, 5) is 35.1. The molecule has 0 aliphatic carbocycles. The average molecular weight is 696 g/mol. The summed E-state index contributed by atoms with van der Waals surface area (Å²) in [6, 6.07) is 21.2. The normalized spacial score (nSPS) is 16.6. The quantitative estimate of drug-likeness (QED) is 0.120. The summed E-state index contributed by atoms with van der Waals surface area (Å²) in [5.74, 6) is -2.84. The first-order valence-electron chi connectivity index (χ1n) is 12.1. The molecule has 3 heterocycles. The van der Waals surface area contributed by atoms with E-state index in [9.17, 15) is 19.5 Å². The lowest BCUT2D eigenvalue weighted by Crippen LogP contribution is -2.26. The number of aliphatic hydroxyl groups is 1. The highest BCUT2D eigenvalue weighted by molar-refractivity contribution is 9.10. The van der Waals surface area contributed by atoms with Gasteiger partial charge in [-0.3, -0.25) is 9.59 Å². The Morgan fingerprint density at radius 2 is 1.51 bits per heavy atom. The number of Topliss-reactive ketones (excluding diaryl/α,β-unsaturated/α-hetero) is 1. The van der Waals surface area contributed by atoms with Crippen LogP contribution in [0.2, 0.25) is 10.0 Å². The fraction of sp³-hybridized carbons (Fsp3) is 0.167. The third-order valence-electron chi connectivity index (χ3n) is 5.51. The van der Waals surface area contributed by atoms with Crippen LogP contribution < -0.4 is 0 Å². The lowest BCUT2D eigenvalue weighted by Gasteiger charge is -2.19. The van der Waals surface area contributed by atoms with E-state index in [1.807, 2.05) is 35.0 Å². The molecule has 1 aliphatic heterocycles. The molecule has 214 valence electrons. The van der Waals surface area contributed by atoms with E-state index in [4.69, 9.17) is 33.0 Å². The van der Waals surface area contributed by atoms with Crippen LogP contribution in [0.1, 0.15) is 39.5 Å². The smallest absolute Gasteiger partial charge is 0.342 e. The number of aliphatic carboxylic acids is 1. The maximum absolute atomic E-state index is 12.1. The number of benzene rings is 2. The number of esters is 1. The number of ketones is 1. The number of halogens is 3. The molecule has 6 nitrogen and oxygen atoms in total. The minimum absolute atomic E-state index is 0.0756. The van der Waals surface area contributed by atoms with Crippen molar-refractivity contribution in [2.45, 2.75) is 30.9 Å². The van der Waals surface area contributed by atoms with Gasteiger partial charge in [0.2, 0.25) is 5.79 Å². The number of rotatable bonds is 6. The van der Waals surface area contributed by atoms with Crippen molar-refractivity contribution < 1.29 is 29.3 Å². The molecule has 41 heavy (non-hydrogen) atoms. The van der Waals surface area contributed by atoms with Gasteiger partial charge in [0.05, 0.1) is 16.8 Å². The first-order valence-corrected chi connectivity index (χ1v) is 15.5. The van der Waals surface area contributed by atoms with Crippen LogP contribution in [0.15, 0.2) is 83.6 Å². The van der Waals surface area contributed by atoms with E-state index in [2.05, 4.69) is 15.9 Å². The first-order chi connectivity index (χ1) is 19.4. The number of hydrogen-bond acceptors (Lipinski definition) is 7. The summed E-state index contributed by atoms with van der Waals surface area (Å²) in [5, 5.41) is 23.7. The van der Waals surface area contributed by atoms with E-state index < -0.39 is 17.7 Å². The fourth-order valence-electron chi connectivity index (χ4n) is 3.70. The maximum atomic E-state index is 12.1. The van der Waals surface area contributed by atoms with Gasteiger partial charge in [0.15, 0.2) is 5.78 Å². The molecule has 4 aromatic rings. The second kappa shape index (κ2) is 14.9. The van der Waals surface area contributed by atoms with Crippen molar-refractivity contribution in [1.29, 1.82) is 0 Å². The first kappa shape index (κ1) is 32.7. The van der Waals surface area contributed by atoms with Crippen molar-refractivity contribution in [3.63, 3.8) is 0 Å². The number of carbonyl (C=O) groups excluding carboxylic acids is 2. The maximum Gasteiger partial charge on any atom is 0.342 e. The number of carboxylic acids is 1. The minimum atomic E-state index is -1.63. The van der Waals surface area contributed by atoms with Gasteiger partial charge >= 0.3 is 11.9 Å². The van der Waals surface area contributed by atoms with Gasteiger partial charge in [-0.25, -0.2) is 4.79 Å². The Kier molecular flexibility index (Phi) is 11.9. The number of hydrogen-bond donors (Lipinski definition) is 2.